The Kier molecular flexibility index (Phi) is 6.82. The molecular weight excluding hydrogens is 361 g/mol. The van der Waals surface area contributed by atoms with Crippen molar-refractivity contribution >= 4 is 41.5 Å². The van der Waals surface area contributed by atoms with E-state index < -0.39 is 0 Å². The number of halogens is 2. The van der Waals surface area contributed by atoms with Gasteiger partial charge in [0.05, 0.1) is 0 Å². The number of Topliss-reactive ketones (excluding diaryl/α,β-unsaturated/α-hetero) is 1. The van der Waals surface area contributed by atoms with E-state index in [0.717, 1.165) is 41.7 Å². The molecule has 1 aromatic carbocycles. The van der Waals surface area contributed by atoms with E-state index in [2.05, 4.69) is 33.3 Å². The maximum atomic E-state index is 13.0. The number of para-hydroxylation sites is 1. The molecule has 0 spiro atoms. The molecule has 0 radical (unpaired) electrons. The zero-order valence-electron chi connectivity index (χ0n) is 14.2. The maximum absolute atomic E-state index is 13.0. The van der Waals surface area contributed by atoms with Gasteiger partial charge in [0, 0.05) is 54.1 Å². The van der Waals surface area contributed by atoms with Crippen molar-refractivity contribution in [3.05, 3.63) is 53.7 Å². The second-order valence-electron chi connectivity index (χ2n) is 6.12. The van der Waals surface area contributed by atoms with Crippen LogP contribution in [0.4, 0.5) is 0 Å². The first-order chi connectivity index (χ1) is 10.7. The summed E-state index contributed by atoms with van der Waals surface area (Å²) in [5, 5.41) is 1.09. The zero-order valence-corrected chi connectivity index (χ0v) is 15.9. The predicted octanol–water partition coefficient (Wildman–Crippen LogP) is 3.15. The van der Waals surface area contributed by atoms with Crippen molar-refractivity contribution in [2.75, 3.05) is 0 Å². The van der Waals surface area contributed by atoms with Crippen LogP contribution in [0, 0.1) is 12.8 Å². The Morgan fingerprint density at radius 1 is 1.24 bits per heavy atom. The standard InChI is InChI=1S/C18H19N3O.2ClH.H2O/c1-12-19-9-10-21(12)11-13-7-8-16-17(18(13)22)14-5-3-4-6-15(14)20(16)2;;;/h3-6,9-10,13H,7-8,11H2,1-2H3;2*1H;1H2. The monoisotopic (exact) mass is 383 g/mol. The first-order valence-corrected chi connectivity index (χ1v) is 7.75. The van der Waals surface area contributed by atoms with Crippen LogP contribution in [0.25, 0.3) is 10.9 Å². The number of fused-ring (bicyclic) bond motifs is 3. The number of imidazole rings is 1. The molecule has 1 unspecified atom stereocenters. The van der Waals surface area contributed by atoms with E-state index in [4.69, 9.17) is 0 Å². The lowest BCUT2D eigenvalue weighted by Gasteiger charge is -2.23. The van der Waals surface area contributed by atoms with Crippen LogP contribution in [0.5, 0.6) is 0 Å². The molecular formula is C18H23Cl2N3O2. The molecule has 1 aliphatic carbocycles. The van der Waals surface area contributed by atoms with Gasteiger partial charge in [-0.05, 0) is 25.8 Å². The molecule has 0 amide bonds. The number of aromatic nitrogens is 3. The molecule has 0 aliphatic heterocycles. The zero-order chi connectivity index (χ0) is 15.3. The second-order valence-corrected chi connectivity index (χ2v) is 6.12. The molecule has 2 N–H and O–H groups in total. The number of nitrogens with zero attached hydrogens (tertiary/aromatic N) is 3. The van der Waals surface area contributed by atoms with Gasteiger partial charge >= 0.3 is 0 Å². The number of hydrogen-bond acceptors (Lipinski definition) is 2. The number of ketones is 1. The third-order valence-electron chi connectivity index (χ3n) is 4.92. The van der Waals surface area contributed by atoms with E-state index in [1.54, 1.807) is 6.20 Å². The van der Waals surface area contributed by atoms with Crippen LogP contribution in [0.1, 0.15) is 28.3 Å². The highest BCUT2D eigenvalue weighted by Gasteiger charge is 2.32. The quantitative estimate of drug-likeness (QED) is 0.681. The van der Waals surface area contributed by atoms with Crippen LogP contribution in [0.2, 0.25) is 0 Å². The Hall–Kier alpha value is -1.82. The molecule has 2 heterocycles. The van der Waals surface area contributed by atoms with Gasteiger partial charge < -0.3 is 14.6 Å². The van der Waals surface area contributed by atoms with Crippen LogP contribution in [-0.2, 0) is 20.0 Å². The Labute approximate surface area is 159 Å². The van der Waals surface area contributed by atoms with Gasteiger partial charge in [-0.2, -0.15) is 0 Å². The Balaban J connectivity index is 0.00000104. The topological polar surface area (TPSA) is 71.3 Å². The van der Waals surface area contributed by atoms with E-state index in [1.807, 2.05) is 25.3 Å². The minimum Gasteiger partial charge on any atom is -0.412 e. The summed E-state index contributed by atoms with van der Waals surface area (Å²) in [5.41, 5.74) is 3.28. The molecule has 5 nitrogen and oxygen atoms in total. The van der Waals surface area contributed by atoms with Gasteiger partial charge in [-0.1, -0.05) is 18.2 Å². The fraction of sp³-hybridized carbons (Fsp3) is 0.333. The average Bonchev–Trinajstić information content (AvgIpc) is 3.05. The van der Waals surface area contributed by atoms with E-state index >= 15 is 0 Å². The second kappa shape index (κ2) is 8.04. The summed E-state index contributed by atoms with van der Waals surface area (Å²) in [4.78, 5) is 17.3. The molecule has 0 bridgehead atoms. The summed E-state index contributed by atoms with van der Waals surface area (Å²) in [6.07, 6.45) is 5.63. The molecule has 136 valence electrons. The largest absolute Gasteiger partial charge is 0.412 e. The van der Waals surface area contributed by atoms with Gasteiger partial charge in [0.2, 0.25) is 0 Å². The lowest BCUT2D eigenvalue weighted by atomic mass is 9.85. The molecule has 4 rings (SSSR count). The summed E-state index contributed by atoms with van der Waals surface area (Å²) in [6.45, 7) is 2.71. The van der Waals surface area contributed by atoms with Crippen molar-refractivity contribution < 1.29 is 10.3 Å². The first-order valence-electron chi connectivity index (χ1n) is 7.75. The third kappa shape index (κ3) is 3.32. The van der Waals surface area contributed by atoms with Crippen molar-refractivity contribution in [1.82, 2.24) is 14.1 Å². The van der Waals surface area contributed by atoms with Crippen molar-refractivity contribution in [2.45, 2.75) is 26.3 Å². The van der Waals surface area contributed by atoms with E-state index in [0.29, 0.717) is 0 Å². The van der Waals surface area contributed by atoms with Gasteiger partial charge in [0.15, 0.2) is 5.78 Å². The van der Waals surface area contributed by atoms with E-state index in [-0.39, 0.29) is 42.0 Å². The SMILES string of the molecule is Cc1nccn1CC1CCc2c(c3ccccc3n2C)C1=O.Cl.Cl.O. The van der Waals surface area contributed by atoms with E-state index in [9.17, 15) is 4.79 Å². The van der Waals surface area contributed by atoms with Gasteiger partial charge in [0.1, 0.15) is 5.82 Å². The number of benzene rings is 1. The van der Waals surface area contributed by atoms with Gasteiger partial charge in [-0.3, -0.25) is 4.79 Å². The Morgan fingerprint density at radius 2 is 1.96 bits per heavy atom. The van der Waals surface area contributed by atoms with Gasteiger partial charge in [-0.25, -0.2) is 4.98 Å². The molecule has 0 fully saturated rings. The molecule has 1 aliphatic rings. The highest BCUT2D eigenvalue weighted by atomic mass is 35.5. The molecule has 25 heavy (non-hydrogen) atoms. The van der Waals surface area contributed by atoms with Crippen molar-refractivity contribution in [1.29, 1.82) is 0 Å². The third-order valence-corrected chi connectivity index (χ3v) is 4.92. The smallest absolute Gasteiger partial charge is 0.170 e. The van der Waals surface area contributed by atoms with Crippen LogP contribution in [0.3, 0.4) is 0 Å². The predicted molar refractivity (Wildman–Crippen MR) is 104 cm³/mol. The summed E-state index contributed by atoms with van der Waals surface area (Å²) in [5.74, 6) is 1.30. The lowest BCUT2D eigenvalue weighted by molar-refractivity contribution is 0.0888. The van der Waals surface area contributed by atoms with E-state index in [1.165, 1.54) is 5.69 Å². The highest BCUT2D eigenvalue weighted by Crippen LogP contribution is 2.34. The van der Waals surface area contributed by atoms with Crippen LogP contribution >= 0.6 is 24.8 Å². The number of aryl methyl sites for hydroxylation is 2. The fourth-order valence-corrected chi connectivity index (χ4v) is 3.67. The van der Waals surface area contributed by atoms with Crippen molar-refractivity contribution in [3.8, 4) is 0 Å². The fourth-order valence-electron chi connectivity index (χ4n) is 3.67. The van der Waals surface area contributed by atoms with Crippen molar-refractivity contribution in [2.24, 2.45) is 13.0 Å². The number of carbonyl (C=O) groups excluding carboxylic acids is 1. The minimum absolute atomic E-state index is 0. The van der Waals surface area contributed by atoms with Crippen LogP contribution < -0.4 is 0 Å². The summed E-state index contributed by atoms with van der Waals surface area (Å²) in [6, 6.07) is 8.21. The molecule has 3 aromatic rings. The highest BCUT2D eigenvalue weighted by molar-refractivity contribution is 6.11. The first kappa shape index (κ1) is 21.2. The Morgan fingerprint density at radius 3 is 2.64 bits per heavy atom. The minimum atomic E-state index is 0. The summed E-state index contributed by atoms with van der Waals surface area (Å²) < 4.78 is 4.26. The van der Waals surface area contributed by atoms with Crippen LogP contribution in [0.15, 0.2) is 36.7 Å². The Bertz CT molecular complexity index is 886. The van der Waals surface area contributed by atoms with Crippen LogP contribution in [-0.4, -0.2) is 25.4 Å². The number of rotatable bonds is 2. The molecule has 1 atom stereocenters. The summed E-state index contributed by atoms with van der Waals surface area (Å²) in [7, 11) is 2.06. The average molecular weight is 384 g/mol. The van der Waals surface area contributed by atoms with Gasteiger partial charge in [-0.15, -0.1) is 24.8 Å². The lowest BCUT2D eigenvalue weighted by Crippen LogP contribution is -2.27. The van der Waals surface area contributed by atoms with Crippen molar-refractivity contribution in [3.63, 3.8) is 0 Å². The molecule has 0 saturated carbocycles. The molecule has 7 heteroatoms. The van der Waals surface area contributed by atoms with Gasteiger partial charge in [0.25, 0.3) is 0 Å². The molecule has 2 aromatic heterocycles. The number of hydrogen-bond donors (Lipinski definition) is 0. The maximum Gasteiger partial charge on any atom is 0.170 e. The normalized spacial score (nSPS) is 15.8. The summed E-state index contributed by atoms with van der Waals surface area (Å²) >= 11 is 0. The number of carbonyl (C=O) groups is 1. The molecule has 0 saturated heterocycles.